The van der Waals surface area contributed by atoms with Crippen LogP contribution in [0.2, 0.25) is 0 Å². The Morgan fingerprint density at radius 2 is 2.35 bits per heavy atom. The Bertz CT molecular complexity index is 488. The molecule has 1 atom stereocenters. The topological polar surface area (TPSA) is 71.1 Å². The summed E-state index contributed by atoms with van der Waals surface area (Å²) < 4.78 is 5.66. The number of nitrogens with zero attached hydrogens (tertiary/aromatic N) is 2. The summed E-state index contributed by atoms with van der Waals surface area (Å²) in [5.41, 5.74) is 8.79. The molecule has 2 rings (SSSR count). The Balaban J connectivity index is 2.09. The quantitative estimate of drug-likeness (QED) is 0.382. The van der Waals surface area contributed by atoms with E-state index >= 15 is 0 Å². The molecule has 1 saturated heterocycles. The third-order valence-electron chi connectivity index (χ3n) is 3.68. The number of hydrogen-bond acceptors (Lipinski definition) is 4. The van der Waals surface area contributed by atoms with E-state index in [4.69, 9.17) is 15.7 Å². The maximum absolute atomic E-state index is 8.71. The summed E-state index contributed by atoms with van der Waals surface area (Å²) in [5.74, 6) is 0.149. The van der Waals surface area contributed by atoms with Gasteiger partial charge in [-0.3, -0.25) is 4.90 Å². The third-order valence-corrected chi connectivity index (χ3v) is 3.68. The normalized spacial score (nSPS) is 21.7. The summed E-state index contributed by atoms with van der Waals surface area (Å²) in [5, 5.41) is 11.7. The van der Waals surface area contributed by atoms with E-state index in [0.29, 0.717) is 0 Å². The minimum atomic E-state index is 0.149. The first-order chi connectivity index (χ1) is 9.60. The van der Waals surface area contributed by atoms with Crippen molar-refractivity contribution < 1.29 is 9.94 Å². The van der Waals surface area contributed by atoms with E-state index in [1.54, 1.807) is 0 Å². The van der Waals surface area contributed by atoms with Gasteiger partial charge in [0.15, 0.2) is 5.84 Å². The zero-order valence-corrected chi connectivity index (χ0v) is 12.2. The summed E-state index contributed by atoms with van der Waals surface area (Å²) in [7, 11) is 0. The maximum atomic E-state index is 8.71. The first kappa shape index (κ1) is 14.8. The van der Waals surface area contributed by atoms with Crippen LogP contribution in [0, 0.1) is 6.92 Å². The fourth-order valence-corrected chi connectivity index (χ4v) is 2.56. The van der Waals surface area contributed by atoms with E-state index in [1.807, 2.05) is 12.1 Å². The van der Waals surface area contributed by atoms with Crippen LogP contribution in [0.15, 0.2) is 23.4 Å². The van der Waals surface area contributed by atoms with Gasteiger partial charge in [0.25, 0.3) is 0 Å². The molecule has 1 aromatic carbocycles. The van der Waals surface area contributed by atoms with E-state index in [2.05, 4.69) is 30.0 Å². The SMILES string of the molecule is Cc1cc(/C(N)=N/O)ccc1CN1CCCOC(C)C1. The van der Waals surface area contributed by atoms with Crippen LogP contribution in [0.3, 0.4) is 0 Å². The van der Waals surface area contributed by atoms with Crippen LogP contribution < -0.4 is 5.73 Å². The summed E-state index contributed by atoms with van der Waals surface area (Å²) >= 11 is 0. The van der Waals surface area contributed by atoms with Gasteiger partial charge in [-0.25, -0.2) is 0 Å². The van der Waals surface area contributed by atoms with Gasteiger partial charge in [-0.1, -0.05) is 17.3 Å². The Kier molecular flexibility index (Phi) is 4.98. The molecular formula is C15H23N3O2. The molecule has 1 aromatic rings. The van der Waals surface area contributed by atoms with Crippen LogP contribution >= 0.6 is 0 Å². The fraction of sp³-hybridized carbons (Fsp3) is 0.533. The molecule has 1 aliphatic rings. The van der Waals surface area contributed by atoms with Crippen LogP contribution in [0.4, 0.5) is 0 Å². The zero-order valence-electron chi connectivity index (χ0n) is 12.2. The smallest absolute Gasteiger partial charge is 0.170 e. The van der Waals surface area contributed by atoms with E-state index in [-0.39, 0.29) is 11.9 Å². The van der Waals surface area contributed by atoms with Gasteiger partial charge in [-0.05, 0) is 37.5 Å². The van der Waals surface area contributed by atoms with Gasteiger partial charge in [-0.15, -0.1) is 0 Å². The third kappa shape index (κ3) is 3.71. The summed E-state index contributed by atoms with van der Waals surface area (Å²) in [6, 6.07) is 5.91. The predicted molar refractivity (Wildman–Crippen MR) is 79.0 cm³/mol. The molecule has 1 fully saturated rings. The monoisotopic (exact) mass is 277 g/mol. The van der Waals surface area contributed by atoms with Crippen molar-refractivity contribution in [1.29, 1.82) is 0 Å². The lowest BCUT2D eigenvalue weighted by Crippen LogP contribution is -2.30. The number of aryl methyl sites for hydroxylation is 1. The number of nitrogens with two attached hydrogens (primary N) is 1. The highest BCUT2D eigenvalue weighted by Crippen LogP contribution is 2.16. The number of hydrogen-bond donors (Lipinski definition) is 2. The Morgan fingerprint density at radius 1 is 1.55 bits per heavy atom. The van der Waals surface area contributed by atoms with Gasteiger partial charge < -0.3 is 15.7 Å². The average molecular weight is 277 g/mol. The molecule has 3 N–H and O–H groups in total. The van der Waals surface area contributed by atoms with Gasteiger partial charge in [0.1, 0.15) is 0 Å². The van der Waals surface area contributed by atoms with Crippen LogP contribution in [0.25, 0.3) is 0 Å². The average Bonchev–Trinajstić information content (AvgIpc) is 2.64. The van der Waals surface area contributed by atoms with Gasteiger partial charge in [-0.2, -0.15) is 0 Å². The lowest BCUT2D eigenvalue weighted by atomic mass is 10.0. The minimum Gasteiger partial charge on any atom is -0.409 e. The van der Waals surface area contributed by atoms with Gasteiger partial charge in [0.05, 0.1) is 6.10 Å². The lowest BCUT2D eigenvalue weighted by Gasteiger charge is -2.22. The molecular weight excluding hydrogens is 254 g/mol. The molecule has 0 amide bonds. The highest BCUT2D eigenvalue weighted by atomic mass is 16.5. The number of benzene rings is 1. The van der Waals surface area contributed by atoms with Gasteiger partial charge in [0, 0.05) is 31.8 Å². The molecule has 0 aliphatic carbocycles. The fourth-order valence-electron chi connectivity index (χ4n) is 2.56. The molecule has 0 spiro atoms. The first-order valence-corrected chi connectivity index (χ1v) is 7.01. The Morgan fingerprint density at radius 3 is 3.05 bits per heavy atom. The molecule has 1 aliphatic heterocycles. The highest BCUT2D eigenvalue weighted by molar-refractivity contribution is 5.97. The Hall–Kier alpha value is -1.59. The van der Waals surface area contributed by atoms with Crippen LogP contribution in [0.5, 0.6) is 0 Å². The van der Waals surface area contributed by atoms with Gasteiger partial charge >= 0.3 is 0 Å². The largest absolute Gasteiger partial charge is 0.409 e. The zero-order chi connectivity index (χ0) is 14.5. The van der Waals surface area contributed by atoms with Crippen molar-refractivity contribution in [1.82, 2.24) is 4.90 Å². The van der Waals surface area contributed by atoms with Crippen molar-refractivity contribution in [3.63, 3.8) is 0 Å². The van der Waals surface area contributed by atoms with Gasteiger partial charge in [0.2, 0.25) is 0 Å². The summed E-state index contributed by atoms with van der Waals surface area (Å²) in [6.45, 7) is 7.95. The van der Waals surface area contributed by atoms with Crippen molar-refractivity contribution in [2.75, 3.05) is 19.7 Å². The molecule has 5 nitrogen and oxygen atoms in total. The second kappa shape index (κ2) is 6.72. The number of rotatable bonds is 3. The number of oxime groups is 1. The van der Waals surface area contributed by atoms with Crippen molar-refractivity contribution in [3.05, 3.63) is 34.9 Å². The molecule has 1 heterocycles. The van der Waals surface area contributed by atoms with Crippen molar-refractivity contribution in [3.8, 4) is 0 Å². The number of amidine groups is 1. The summed E-state index contributed by atoms with van der Waals surface area (Å²) in [4.78, 5) is 2.42. The second-order valence-electron chi connectivity index (χ2n) is 5.40. The molecule has 110 valence electrons. The van der Waals surface area contributed by atoms with Crippen molar-refractivity contribution in [2.45, 2.75) is 32.9 Å². The van der Waals surface area contributed by atoms with Crippen molar-refractivity contribution in [2.24, 2.45) is 10.9 Å². The number of ether oxygens (including phenoxy) is 1. The van der Waals surface area contributed by atoms with E-state index < -0.39 is 0 Å². The molecule has 5 heteroatoms. The lowest BCUT2D eigenvalue weighted by molar-refractivity contribution is 0.0668. The minimum absolute atomic E-state index is 0.149. The maximum Gasteiger partial charge on any atom is 0.170 e. The van der Waals surface area contributed by atoms with E-state index in [9.17, 15) is 0 Å². The van der Waals surface area contributed by atoms with Crippen LogP contribution in [-0.4, -0.2) is 41.7 Å². The molecule has 0 saturated carbocycles. The highest BCUT2D eigenvalue weighted by Gasteiger charge is 2.16. The molecule has 0 radical (unpaired) electrons. The first-order valence-electron chi connectivity index (χ1n) is 7.01. The van der Waals surface area contributed by atoms with Crippen LogP contribution in [-0.2, 0) is 11.3 Å². The Labute approximate surface area is 120 Å². The van der Waals surface area contributed by atoms with Crippen LogP contribution in [0.1, 0.15) is 30.0 Å². The van der Waals surface area contributed by atoms with E-state index in [1.165, 1.54) is 5.56 Å². The molecule has 1 unspecified atom stereocenters. The van der Waals surface area contributed by atoms with Crippen molar-refractivity contribution >= 4 is 5.84 Å². The molecule has 0 bridgehead atoms. The standard InChI is InChI=1S/C15H23N3O2/c1-11-8-13(15(16)17-19)4-5-14(11)10-18-6-3-7-20-12(2)9-18/h4-5,8,12,19H,3,6-7,9-10H2,1-2H3,(H2,16,17). The molecule has 0 aromatic heterocycles. The predicted octanol–water partition coefficient (Wildman–Crippen LogP) is 1.70. The van der Waals surface area contributed by atoms with E-state index in [0.717, 1.165) is 43.8 Å². The summed E-state index contributed by atoms with van der Waals surface area (Å²) in [6.07, 6.45) is 1.36. The molecule has 20 heavy (non-hydrogen) atoms. The second-order valence-corrected chi connectivity index (χ2v) is 5.40.